The van der Waals surface area contributed by atoms with Gasteiger partial charge in [0.1, 0.15) is 11.5 Å². The average Bonchev–Trinajstić information content (AvgIpc) is 2.88. The Bertz CT molecular complexity index is 1150. The molecule has 2 aromatic heterocycles. The van der Waals surface area contributed by atoms with Gasteiger partial charge in [0.2, 0.25) is 0 Å². The molecule has 2 aromatic carbocycles. The van der Waals surface area contributed by atoms with Crippen LogP contribution >= 0.6 is 0 Å². The zero-order valence-corrected chi connectivity index (χ0v) is 18.9. The molecule has 1 atom stereocenters. The van der Waals surface area contributed by atoms with Crippen LogP contribution < -0.4 is 15.2 Å². The summed E-state index contributed by atoms with van der Waals surface area (Å²) in [6.45, 7) is 2.61. The molecule has 2 N–H and O–H groups in total. The van der Waals surface area contributed by atoms with Crippen LogP contribution in [0.1, 0.15) is 26.2 Å². The van der Waals surface area contributed by atoms with Gasteiger partial charge in [-0.25, -0.2) is 0 Å². The Morgan fingerprint density at radius 1 is 0.758 bits per heavy atom. The van der Waals surface area contributed by atoms with Crippen LogP contribution in [0.4, 0.5) is 0 Å². The molecular formula is C28H29N3O2. The summed E-state index contributed by atoms with van der Waals surface area (Å²) in [6, 6.07) is 24.0. The number of nitrogens with zero attached hydrogens (tertiary/aromatic N) is 2. The van der Waals surface area contributed by atoms with Crippen LogP contribution in [0, 0.1) is 0 Å². The topological polar surface area (TPSA) is 70.3 Å². The fourth-order valence-corrected chi connectivity index (χ4v) is 3.67. The Balaban J connectivity index is 1.33. The monoisotopic (exact) mass is 439 g/mol. The predicted octanol–water partition coefficient (Wildman–Crippen LogP) is 6.11. The maximum Gasteiger partial charge on any atom is 0.158 e. The Morgan fingerprint density at radius 2 is 1.33 bits per heavy atom. The van der Waals surface area contributed by atoms with Gasteiger partial charge in [-0.05, 0) is 60.4 Å². The van der Waals surface area contributed by atoms with Crippen LogP contribution in [0.25, 0.3) is 22.3 Å². The van der Waals surface area contributed by atoms with Crippen molar-refractivity contribution in [2.45, 2.75) is 31.9 Å². The van der Waals surface area contributed by atoms with E-state index >= 15 is 0 Å². The molecule has 5 nitrogen and oxygen atoms in total. The van der Waals surface area contributed by atoms with Gasteiger partial charge in [-0.3, -0.25) is 15.7 Å². The van der Waals surface area contributed by atoms with E-state index in [0.717, 1.165) is 40.2 Å². The molecule has 0 radical (unpaired) electrons. The first-order valence-corrected chi connectivity index (χ1v) is 11.3. The lowest BCUT2D eigenvalue weighted by Gasteiger charge is -2.29. The van der Waals surface area contributed by atoms with Crippen LogP contribution in [0.5, 0.6) is 11.5 Å². The van der Waals surface area contributed by atoms with E-state index in [1.54, 1.807) is 12.4 Å². The van der Waals surface area contributed by atoms with Gasteiger partial charge in [-0.2, -0.15) is 0 Å². The van der Waals surface area contributed by atoms with Crippen molar-refractivity contribution in [2.24, 2.45) is 5.73 Å². The van der Waals surface area contributed by atoms with Crippen molar-refractivity contribution in [3.63, 3.8) is 0 Å². The van der Waals surface area contributed by atoms with E-state index in [2.05, 4.69) is 16.0 Å². The van der Waals surface area contributed by atoms with Crippen molar-refractivity contribution in [1.29, 1.82) is 0 Å². The maximum absolute atomic E-state index is 6.60. The second-order valence-corrected chi connectivity index (χ2v) is 8.01. The molecule has 0 spiro atoms. The van der Waals surface area contributed by atoms with E-state index in [0.29, 0.717) is 19.4 Å². The summed E-state index contributed by atoms with van der Waals surface area (Å²) >= 11 is 0. The summed E-state index contributed by atoms with van der Waals surface area (Å²) in [6.07, 6.45) is 9.39. The highest BCUT2D eigenvalue weighted by molar-refractivity contribution is 5.64. The van der Waals surface area contributed by atoms with Gasteiger partial charge in [-0.15, -0.1) is 0 Å². The minimum Gasteiger partial charge on any atom is -0.494 e. The average molecular weight is 440 g/mol. The van der Waals surface area contributed by atoms with E-state index in [1.807, 2.05) is 86.0 Å². The summed E-state index contributed by atoms with van der Waals surface area (Å²) in [5.74, 6) is 1.59. The molecule has 33 heavy (non-hydrogen) atoms. The third-order valence-corrected chi connectivity index (χ3v) is 5.59. The highest BCUT2D eigenvalue weighted by atomic mass is 16.5. The summed E-state index contributed by atoms with van der Waals surface area (Å²) in [7, 11) is 0. The van der Waals surface area contributed by atoms with Gasteiger partial charge in [0.15, 0.2) is 5.72 Å². The van der Waals surface area contributed by atoms with Gasteiger partial charge in [0.25, 0.3) is 0 Å². The molecule has 0 aliphatic heterocycles. The number of hydrogen-bond acceptors (Lipinski definition) is 5. The second-order valence-electron chi connectivity index (χ2n) is 8.01. The first-order valence-electron chi connectivity index (χ1n) is 11.3. The number of nitrogens with two attached hydrogens (primary N) is 1. The van der Waals surface area contributed by atoms with E-state index in [1.165, 1.54) is 0 Å². The molecule has 0 saturated heterocycles. The van der Waals surface area contributed by atoms with E-state index in [4.69, 9.17) is 15.2 Å². The van der Waals surface area contributed by atoms with Crippen molar-refractivity contribution in [3.8, 4) is 33.8 Å². The number of aromatic nitrogens is 2. The lowest BCUT2D eigenvalue weighted by molar-refractivity contribution is 0.0554. The first-order chi connectivity index (χ1) is 16.1. The van der Waals surface area contributed by atoms with Crippen molar-refractivity contribution in [1.82, 2.24) is 9.97 Å². The van der Waals surface area contributed by atoms with Gasteiger partial charge in [0.05, 0.1) is 6.61 Å². The Morgan fingerprint density at radius 3 is 1.91 bits per heavy atom. The summed E-state index contributed by atoms with van der Waals surface area (Å²) in [4.78, 5) is 8.38. The van der Waals surface area contributed by atoms with Gasteiger partial charge in [-0.1, -0.05) is 43.3 Å². The van der Waals surface area contributed by atoms with Crippen molar-refractivity contribution >= 4 is 0 Å². The Hall–Kier alpha value is -3.70. The van der Waals surface area contributed by atoms with Crippen molar-refractivity contribution in [2.75, 3.05) is 6.61 Å². The van der Waals surface area contributed by atoms with Gasteiger partial charge < -0.3 is 9.47 Å². The standard InChI is InChI=1S/C28H29N3O2/c1-2-28(29,33-27-13-4-9-23(19-27)25-11-6-16-31-21-25)14-7-17-32-26-12-3-8-22(18-26)24-10-5-15-30-20-24/h3-6,8-13,15-16,18-21H,2,7,14,17,29H2,1H3. The van der Waals surface area contributed by atoms with E-state index < -0.39 is 5.72 Å². The van der Waals surface area contributed by atoms with Gasteiger partial charge >= 0.3 is 0 Å². The van der Waals surface area contributed by atoms with Crippen LogP contribution in [-0.2, 0) is 0 Å². The number of benzene rings is 2. The molecular weight excluding hydrogens is 410 g/mol. The molecule has 0 fully saturated rings. The molecule has 0 aliphatic carbocycles. The Kier molecular flexibility index (Phi) is 7.33. The number of ether oxygens (including phenoxy) is 2. The maximum atomic E-state index is 6.60. The molecule has 0 bridgehead atoms. The molecule has 4 rings (SSSR count). The molecule has 1 unspecified atom stereocenters. The highest BCUT2D eigenvalue weighted by Gasteiger charge is 2.24. The van der Waals surface area contributed by atoms with Crippen molar-refractivity contribution in [3.05, 3.63) is 97.6 Å². The highest BCUT2D eigenvalue weighted by Crippen LogP contribution is 2.27. The third kappa shape index (κ3) is 6.18. The predicted molar refractivity (Wildman–Crippen MR) is 132 cm³/mol. The van der Waals surface area contributed by atoms with Crippen LogP contribution in [0.2, 0.25) is 0 Å². The normalized spacial score (nSPS) is 12.7. The van der Waals surface area contributed by atoms with Crippen LogP contribution in [-0.4, -0.2) is 22.3 Å². The van der Waals surface area contributed by atoms with Crippen LogP contribution in [0.3, 0.4) is 0 Å². The lowest BCUT2D eigenvalue weighted by atomic mass is 10.0. The molecule has 2 heterocycles. The largest absolute Gasteiger partial charge is 0.494 e. The summed E-state index contributed by atoms with van der Waals surface area (Å²) < 4.78 is 12.2. The zero-order chi connectivity index (χ0) is 22.9. The van der Waals surface area contributed by atoms with Crippen LogP contribution in [0.15, 0.2) is 97.6 Å². The third-order valence-electron chi connectivity index (χ3n) is 5.59. The minimum atomic E-state index is -0.755. The molecule has 0 saturated carbocycles. The second kappa shape index (κ2) is 10.7. The smallest absolute Gasteiger partial charge is 0.158 e. The van der Waals surface area contributed by atoms with E-state index in [-0.39, 0.29) is 0 Å². The molecule has 5 heteroatoms. The molecule has 4 aromatic rings. The molecule has 168 valence electrons. The van der Waals surface area contributed by atoms with Gasteiger partial charge in [0, 0.05) is 42.3 Å². The first kappa shape index (κ1) is 22.5. The lowest BCUT2D eigenvalue weighted by Crippen LogP contribution is -2.45. The SMILES string of the molecule is CCC(N)(CCCOc1cccc(-c2cccnc2)c1)Oc1cccc(-c2cccnc2)c1. The summed E-state index contributed by atoms with van der Waals surface area (Å²) in [5.41, 5.74) is 10.1. The molecule has 0 aliphatic rings. The summed E-state index contributed by atoms with van der Waals surface area (Å²) in [5, 5.41) is 0. The van der Waals surface area contributed by atoms with E-state index in [9.17, 15) is 0 Å². The number of pyridine rings is 2. The Labute approximate surface area is 195 Å². The van der Waals surface area contributed by atoms with Crippen molar-refractivity contribution < 1.29 is 9.47 Å². The fraction of sp³-hybridized carbons (Fsp3) is 0.214. The zero-order valence-electron chi connectivity index (χ0n) is 18.9. The number of rotatable bonds is 10. The quantitative estimate of drug-likeness (QED) is 0.238. The minimum absolute atomic E-state index is 0.564. The molecule has 0 amide bonds. The fourth-order valence-electron chi connectivity index (χ4n) is 3.67. The number of hydrogen-bond donors (Lipinski definition) is 1.